The van der Waals surface area contributed by atoms with Crippen LogP contribution in [0, 0.1) is 11.3 Å². The molecule has 1 saturated heterocycles. The highest BCUT2D eigenvalue weighted by molar-refractivity contribution is 7.89. The molecular formula is C18H16F3N5O3S2. The Bertz CT molecular complexity index is 1220. The number of nitrogens with two attached hydrogens (primary N) is 1. The third-order valence-corrected chi connectivity index (χ3v) is 6.32. The zero-order chi connectivity index (χ0) is 23.5. The summed E-state index contributed by atoms with van der Waals surface area (Å²) >= 11 is 5.36. The van der Waals surface area contributed by atoms with E-state index in [0.717, 1.165) is 30.2 Å². The SMILES string of the molecule is CC1=C(F)C(F)(C#N)C(F)C=C1N1C(=O)C(C)(C)N(c2cncc(S(N)(=O)=O)c2)C1=S. The van der Waals surface area contributed by atoms with Crippen molar-refractivity contribution in [2.45, 2.75) is 43.0 Å². The fraction of sp³-hybridized carbons (Fsp3) is 0.333. The van der Waals surface area contributed by atoms with E-state index in [9.17, 15) is 26.4 Å². The number of nitriles is 1. The van der Waals surface area contributed by atoms with Crippen LogP contribution in [-0.4, -0.2) is 46.7 Å². The maximum absolute atomic E-state index is 14.5. The normalized spacial score (nSPS) is 26.3. The lowest BCUT2D eigenvalue weighted by Gasteiger charge is -2.30. The number of hydrogen-bond acceptors (Lipinski definition) is 6. The van der Waals surface area contributed by atoms with E-state index in [1.54, 1.807) is 0 Å². The summed E-state index contributed by atoms with van der Waals surface area (Å²) in [6.45, 7) is 3.99. The van der Waals surface area contributed by atoms with E-state index in [1.165, 1.54) is 24.9 Å². The summed E-state index contributed by atoms with van der Waals surface area (Å²) < 4.78 is 66.7. The third kappa shape index (κ3) is 3.31. The van der Waals surface area contributed by atoms with Crippen molar-refractivity contribution in [3.05, 3.63) is 41.6 Å². The van der Waals surface area contributed by atoms with Gasteiger partial charge in [0.2, 0.25) is 10.0 Å². The molecule has 1 aromatic rings. The van der Waals surface area contributed by atoms with Crippen LogP contribution in [0.5, 0.6) is 0 Å². The van der Waals surface area contributed by atoms with Gasteiger partial charge in [-0.2, -0.15) is 5.26 Å². The highest BCUT2D eigenvalue weighted by Crippen LogP contribution is 2.43. The topological polar surface area (TPSA) is 120 Å². The van der Waals surface area contributed by atoms with E-state index >= 15 is 0 Å². The van der Waals surface area contributed by atoms with E-state index in [2.05, 4.69) is 4.98 Å². The number of amides is 1. The van der Waals surface area contributed by atoms with Gasteiger partial charge in [-0.05, 0) is 45.1 Å². The molecule has 13 heteroatoms. The van der Waals surface area contributed by atoms with E-state index in [0.29, 0.717) is 6.08 Å². The number of nitrogens with zero attached hydrogens (tertiary/aromatic N) is 4. The number of thiocarbonyl (C=S) groups is 1. The predicted molar refractivity (Wildman–Crippen MR) is 108 cm³/mol. The van der Waals surface area contributed by atoms with Gasteiger partial charge in [0.1, 0.15) is 16.5 Å². The Labute approximate surface area is 181 Å². The summed E-state index contributed by atoms with van der Waals surface area (Å²) in [6.07, 6.45) is 0.173. The zero-order valence-corrected chi connectivity index (χ0v) is 18.1. The number of aromatic nitrogens is 1. The van der Waals surface area contributed by atoms with Gasteiger partial charge >= 0.3 is 0 Å². The summed E-state index contributed by atoms with van der Waals surface area (Å²) in [6, 6.07) is 2.12. The van der Waals surface area contributed by atoms with Crippen molar-refractivity contribution in [2.75, 3.05) is 4.90 Å². The maximum atomic E-state index is 14.5. The Kier molecular flexibility index (Phi) is 5.24. The molecule has 2 N–H and O–H groups in total. The second-order valence-electron chi connectivity index (χ2n) is 7.46. The van der Waals surface area contributed by atoms with Gasteiger partial charge in [0.05, 0.1) is 17.6 Å². The minimum atomic E-state index is -4.12. The maximum Gasteiger partial charge on any atom is 0.281 e. The Balaban J connectivity index is 2.14. The van der Waals surface area contributed by atoms with Gasteiger partial charge in [-0.15, -0.1) is 0 Å². The molecule has 8 nitrogen and oxygen atoms in total. The Hall–Kier alpha value is -2.82. The smallest absolute Gasteiger partial charge is 0.281 e. The first-order valence-electron chi connectivity index (χ1n) is 8.67. The van der Waals surface area contributed by atoms with Gasteiger partial charge in [-0.3, -0.25) is 14.7 Å². The lowest BCUT2D eigenvalue weighted by Crippen LogP contribution is -2.44. The van der Waals surface area contributed by atoms with Gasteiger partial charge in [-0.1, -0.05) is 0 Å². The molecule has 1 aromatic heterocycles. The number of pyridine rings is 1. The van der Waals surface area contributed by atoms with Crippen LogP contribution in [0.3, 0.4) is 0 Å². The average molecular weight is 471 g/mol. The quantitative estimate of drug-likeness (QED) is 0.671. The summed E-state index contributed by atoms with van der Waals surface area (Å²) in [5.41, 5.74) is -5.68. The molecule has 2 heterocycles. The van der Waals surface area contributed by atoms with Crippen LogP contribution in [0.1, 0.15) is 20.8 Å². The molecule has 1 fully saturated rings. The van der Waals surface area contributed by atoms with Crippen molar-refractivity contribution in [3.63, 3.8) is 0 Å². The number of halogens is 3. The van der Waals surface area contributed by atoms with Crippen molar-refractivity contribution in [2.24, 2.45) is 5.14 Å². The predicted octanol–water partition coefficient (Wildman–Crippen LogP) is 2.15. The molecule has 0 saturated carbocycles. The molecule has 2 aliphatic rings. The number of hydrogen-bond donors (Lipinski definition) is 1. The molecule has 31 heavy (non-hydrogen) atoms. The van der Waals surface area contributed by atoms with Gasteiger partial charge in [0.25, 0.3) is 11.6 Å². The molecule has 0 bridgehead atoms. The molecule has 164 valence electrons. The van der Waals surface area contributed by atoms with Crippen molar-refractivity contribution < 1.29 is 26.4 Å². The molecular weight excluding hydrogens is 455 g/mol. The molecule has 1 amide bonds. The number of primary sulfonamides is 1. The molecule has 0 spiro atoms. The van der Waals surface area contributed by atoms with E-state index < -0.39 is 44.7 Å². The van der Waals surface area contributed by atoms with Crippen LogP contribution < -0.4 is 10.0 Å². The number of anilines is 1. The molecule has 2 unspecified atom stereocenters. The van der Waals surface area contributed by atoms with Crippen LogP contribution in [0.2, 0.25) is 0 Å². The Morgan fingerprint density at radius 1 is 1.35 bits per heavy atom. The van der Waals surface area contributed by atoms with Crippen LogP contribution in [0.15, 0.2) is 46.5 Å². The van der Waals surface area contributed by atoms with Crippen LogP contribution in [0.25, 0.3) is 0 Å². The van der Waals surface area contributed by atoms with E-state index in [4.69, 9.17) is 22.6 Å². The number of rotatable bonds is 3. The van der Waals surface area contributed by atoms with Crippen molar-refractivity contribution in [1.29, 1.82) is 5.26 Å². The lowest BCUT2D eigenvalue weighted by molar-refractivity contribution is -0.128. The zero-order valence-electron chi connectivity index (χ0n) is 16.4. The van der Waals surface area contributed by atoms with Gasteiger partial charge < -0.3 is 4.90 Å². The number of alkyl halides is 2. The van der Waals surface area contributed by atoms with Crippen molar-refractivity contribution in [3.8, 4) is 6.07 Å². The summed E-state index contributed by atoms with van der Waals surface area (Å²) in [4.78, 5) is 18.7. The molecule has 3 rings (SSSR count). The highest BCUT2D eigenvalue weighted by atomic mass is 32.2. The molecule has 1 aliphatic heterocycles. The molecule has 0 radical (unpaired) electrons. The standard InChI is InChI=1S/C18H16F3N5O3S2/c1-9-12(5-13(19)18(21,8-22)14(9)20)25-15(27)17(2,3)26(16(25)30)10-4-11(7-24-6-10)31(23,28)29/h4-7,13H,1-3H3,(H2,23,28,29). The number of carbonyl (C=O) groups excluding carboxylic acids is 1. The number of allylic oxidation sites excluding steroid dienone is 3. The van der Waals surface area contributed by atoms with Gasteiger partial charge in [0.15, 0.2) is 17.1 Å². The number of carbonyl (C=O) groups is 1. The minimum absolute atomic E-state index is 0.0875. The molecule has 1 aliphatic carbocycles. The largest absolute Gasteiger partial charge is 0.302 e. The van der Waals surface area contributed by atoms with Crippen LogP contribution >= 0.6 is 12.2 Å². The van der Waals surface area contributed by atoms with Crippen LogP contribution in [0.4, 0.5) is 18.9 Å². The van der Waals surface area contributed by atoms with Crippen LogP contribution in [-0.2, 0) is 14.8 Å². The monoisotopic (exact) mass is 471 g/mol. The minimum Gasteiger partial charge on any atom is -0.302 e. The average Bonchev–Trinajstić information content (AvgIpc) is 2.87. The van der Waals surface area contributed by atoms with E-state index in [1.807, 2.05) is 0 Å². The second-order valence-corrected chi connectivity index (χ2v) is 9.38. The lowest BCUT2D eigenvalue weighted by atomic mass is 9.89. The first-order chi connectivity index (χ1) is 14.2. The summed E-state index contributed by atoms with van der Waals surface area (Å²) in [5.74, 6) is -2.38. The summed E-state index contributed by atoms with van der Waals surface area (Å²) in [7, 11) is -4.12. The Morgan fingerprint density at radius 2 is 1.97 bits per heavy atom. The summed E-state index contributed by atoms with van der Waals surface area (Å²) in [5, 5.41) is 13.8. The Morgan fingerprint density at radius 3 is 2.52 bits per heavy atom. The van der Waals surface area contributed by atoms with Crippen molar-refractivity contribution in [1.82, 2.24) is 9.88 Å². The number of sulfonamides is 1. The fourth-order valence-corrected chi connectivity index (χ4v) is 4.37. The third-order valence-electron chi connectivity index (χ3n) is 5.07. The first-order valence-corrected chi connectivity index (χ1v) is 10.6. The van der Waals surface area contributed by atoms with E-state index in [-0.39, 0.29) is 21.4 Å². The molecule has 0 aromatic carbocycles. The highest BCUT2D eigenvalue weighted by Gasteiger charge is 2.55. The fourth-order valence-electron chi connectivity index (χ4n) is 3.36. The molecule has 2 atom stereocenters. The second kappa shape index (κ2) is 7.11. The first kappa shape index (κ1) is 22.9. The van der Waals surface area contributed by atoms with Gasteiger partial charge in [0, 0.05) is 11.8 Å². The van der Waals surface area contributed by atoms with Crippen molar-refractivity contribution >= 4 is 38.9 Å². The van der Waals surface area contributed by atoms with Gasteiger partial charge in [-0.25, -0.2) is 26.7 Å².